The van der Waals surface area contributed by atoms with Crippen molar-refractivity contribution in [3.05, 3.63) is 35.4 Å². The number of benzene rings is 1. The van der Waals surface area contributed by atoms with Crippen LogP contribution in [0.2, 0.25) is 0 Å². The molecule has 1 amide bonds. The topological polar surface area (TPSA) is 55.1 Å². The first-order valence-electron chi connectivity index (χ1n) is 8.23. The Morgan fingerprint density at radius 3 is 2.71 bits per heavy atom. The van der Waals surface area contributed by atoms with Gasteiger partial charge in [-0.25, -0.2) is 0 Å². The molecule has 0 aromatic heterocycles. The van der Waals surface area contributed by atoms with Crippen LogP contribution >= 0.6 is 0 Å². The summed E-state index contributed by atoms with van der Waals surface area (Å²) in [4.78, 5) is 12.5. The lowest BCUT2D eigenvalue weighted by Gasteiger charge is -2.31. The van der Waals surface area contributed by atoms with Crippen molar-refractivity contribution in [2.24, 2.45) is 11.1 Å². The third kappa shape index (κ3) is 3.29. The van der Waals surface area contributed by atoms with Gasteiger partial charge in [0.2, 0.25) is 5.91 Å². The molecular formula is C18H28N2O. The lowest BCUT2D eigenvalue weighted by molar-refractivity contribution is -0.131. The summed E-state index contributed by atoms with van der Waals surface area (Å²) in [6.45, 7) is 5.25. The van der Waals surface area contributed by atoms with Gasteiger partial charge in [-0.05, 0) is 43.2 Å². The minimum Gasteiger partial charge on any atom is -0.355 e. The normalized spacial score (nSPS) is 18.1. The van der Waals surface area contributed by atoms with Gasteiger partial charge in [0.25, 0.3) is 0 Å². The number of hydrogen-bond donors (Lipinski definition) is 2. The molecule has 0 saturated heterocycles. The van der Waals surface area contributed by atoms with Gasteiger partial charge in [-0.3, -0.25) is 4.79 Å². The molecule has 0 saturated carbocycles. The quantitative estimate of drug-likeness (QED) is 0.845. The standard InChI is InChI=1S/C18H28N2O/c1-3-18(4-2,13-19)17(21)20-12-15-10-7-9-14-8-5-6-11-16(14)15/h5-6,8,11,15H,3-4,7,9-10,12-13,19H2,1-2H3,(H,20,21). The SMILES string of the molecule is CCC(CC)(CN)C(=O)NCC1CCCc2ccccc21. The van der Waals surface area contributed by atoms with Crippen molar-refractivity contribution in [2.75, 3.05) is 13.1 Å². The van der Waals surface area contributed by atoms with E-state index in [1.165, 1.54) is 17.5 Å². The Morgan fingerprint density at radius 1 is 1.33 bits per heavy atom. The number of fused-ring (bicyclic) bond motifs is 1. The smallest absolute Gasteiger partial charge is 0.227 e. The van der Waals surface area contributed by atoms with E-state index in [4.69, 9.17) is 5.73 Å². The highest BCUT2D eigenvalue weighted by Crippen LogP contribution is 2.31. The van der Waals surface area contributed by atoms with Crippen molar-refractivity contribution < 1.29 is 4.79 Å². The largest absolute Gasteiger partial charge is 0.355 e. The lowest BCUT2D eigenvalue weighted by atomic mass is 9.80. The zero-order chi connectivity index (χ0) is 15.3. The first-order valence-corrected chi connectivity index (χ1v) is 8.23. The summed E-state index contributed by atoms with van der Waals surface area (Å²) in [6, 6.07) is 8.63. The highest BCUT2D eigenvalue weighted by Gasteiger charge is 2.33. The maximum Gasteiger partial charge on any atom is 0.227 e. The number of carbonyl (C=O) groups is 1. The van der Waals surface area contributed by atoms with Crippen LogP contribution in [0.4, 0.5) is 0 Å². The Morgan fingerprint density at radius 2 is 2.05 bits per heavy atom. The summed E-state index contributed by atoms with van der Waals surface area (Å²) < 4.78 is 0. The van der Waals surface area contributed by atoms with Gasteiger partial charge >= 0.3 is 0 Å². The van der Waals surface area contributed by atoms with Crippen LogP contribution in [-0.4, -0.2) is 19.0 Å². The van der Waals surface area contributed by atoms with Crippen LogP contribution in [0.3, 0.4) is 0 Å². The molecule has 1 aromatic carbocycles. The van der Waals surface area contributed by atoms with Crippen molar-refractivity contribution in [2.45, 2.75) is 51.9 Å². The van der Waals surface area contributed by atoms with Gasteiger partial charge in [0.15, 0.2) is 0 Å². The van der Waals surface area contributed by atoms with Crippen molar-refractivity contribution in [1.29, 1.82) is 0 Å². The molecule has 0 radical (unpaired) electrons. The fourth-order valence-electron chi connectivity index (χ4n) is 3.42. The molecule has 0 spiro atoms. The van der Waals surface area contributed by atoms with Crippen molar-refractivity contribution in [3.8, 4) is 0 Å². The summed E-state index contributed by atoms with van der Waals surface area (Å²) in [6.07, 6.45) is 5.13. The van der Waals surface area contributed by atoms with Crippen molar-refractivity contribution in [3.63, 3.8) is 0 Å². The molecule has 0 heterocycles. The maximum absolute atomic E-state index is 12.5. The van der Waals surface area contributed by atoms with E-state index in [-0.39, 0.29) is 5.91 Å². The van der Waals surface area contributed by atoms with Crippen molar-refractivity contribution in [1.82, 2.24) is 5.32 Å². The fourth-order valence-corrected chi connectivity index (χ4v) is 3.42. The Balaban J connectivity index is 2.02. The molecule has 0 aliphatic heterocycles. The first kappa shape index (κ1) is 16.0. The van der Waals surface area contributed by atoms with Gasteiger partial charge in [-0.2, -0.15) is 0 Å². The van der Waals surface area contributed by atoms with Crippen LogP contribution in [0, 0.1) is 5.41 Å². The molecule has 0 fully saturated rings. The second-order valence-corrected chi connectivity index (χ2v) is 6.19. The molecule has 1 aromatic rings. The van der Waals surface area contributed by atoms with E-state index in [1.54, 1.807) is 0 Å². The number of hydrogen-bond acceptors (Lipinski definition) is 2. The molecule has 3 nitrogen and oxygen atoms in total. The van der Waals surface area contributed by atoms with Crippen LogP contribution < -0.4 is 11.1 Å². The zero-order valence-corrected chi connectivity index (χ0v) is 13.3. The van der Waals surface area contributed by atoms with E-state index in [0.29, 0.717) is 12.5 Å². The molecule has 2 rings (SSSR count). The van der Waals surface area contributed by atoms with Gasteiger partial charge < -0.3 is 11.1 Å². The summed E-state index contributed by atoms with van der Waals surface area (Å²) in [5, 5.41) is 3.17. The molecular weight excluding hydrogens is 260 g/mol. The van der Waals surface area contributed by atoms with Crippen LogP contribution in [0.25, 0.3) is 0 Å². The van der Waals surface area contributed by atoms with Gasteiger partial charge in [0, 0.05) is 19.0 Å². The van der Waals surface area contributed by atoms with Crippen LogP contribution in [0.5, 0.6) is 0 Å². The van der Waals surface area contributed by atoms with Gasteiger partial charge in [0.05, 0.1) is 5.41 Å². The molecule has 1 atom stereocenters. The predicted molar refractivity (Wildman–Crippen MR) is 87.2 cm³/mol. The van der Waals surface area contributed by atoms with Gasteiger partial charge in [-0.1, -0.05) is 38.1 Å². The van der Waals surface area contributed by atoms with E-state index in [1.807, 2.05) is 13.8 Å². The molecule has 116 valence electrons. The average molecular weight is 288 g/mol. The van der Waals surface area contributed by atoms with Crippen LogP contribution in [-0.2, 0) is 11.2 Å². The number of rotatable bonds is 6. The second-order valence-electron chi connectivity index (χ2n) is 6.19. The van der Waals surface area contributed by atoms with E-state index >= 15 is 0 Å². The van der Waals surface area contributed by atoms with E-state index < -0.39 is 5.41 Å². The predicted octanol–water partition coefficient (Wildman–Crippen LogP) is 2.99. The van der Waals surface area contributed by atoms with E-state index in [2.05, 4.69) is 29.6 Å². The highest BCUT2D eigenvalue weighted by molar-refractivity contribution is 5.82. The monoisotopic (exact) mass is 288 g/mol. The van der Waals surface area contributed by atoms with E-state index in [0.717, 1.165) is 32.2 Å². The van der Waals surface area contributed by atoms with Crippen LogP contribution in [0.15, 0.2) is 24.3 Å². The van der Waals surface area contributed by atoms with E-state index in [9.17, 15) is 4.79 Å². The minimum absolute atomic E-state index is 0.123. The molecule has 0 bridgehead atoms. The first-order chi connectivity index (χ1) is 10.2. The fraction of sp³-hybridized carbons (Fsp3) is 0.611. The minimum atomic E-state index is -0.395. The Hall–Kier alpha value is -1.35. The summed E-state index contributed by atoms with van der Waals surface area (Å²) in [5.74, 6) is 0.571. The average Bonchev–Trinajstić information content (AvgIpc) is 2.55. The molecule has 3 N–H and O–H groups in total. The zero-order valence-electron chi connectivity index (χ0n) is 13.3. The molecule has 1 unspecified atom stereocenters. The van der Waals surface area contributed by atoms with Gasteiger partial charge in [-0.15, -0.1) is 0 Å². The van der Waals surface area contributed by atoms with Crippen molar-refractivity contribution >= 4 is 5.91 Å². The number of carbonyl (C=O) groups excluding carboxylic acids is 1. The Bertz CT molecular complexity index is 472. The Labute approximate surface area is 128 Å². The highest BCUT2D eigenvalue weighted by atomic mass is 16.2. The van der Waals surface area contributed by atoms with Gasteiger partial charge in [0.1, 0.15) is 0 Å². The second kappa shape index (κ2) is 7.08. The number of nitrogens with one attached hydrogen (secondary N) is 1. The third-order valence-electron chi connectivity index (χ3n) is 5.23. The lowest BCUT2D eigenvalue weighted by Crippen LogP contribution is -2.46. The third-order valence-corrected chi connectivity index (χ3v) is 5.23. The Kier molecular flexibility index (Phi) is 5.40. The summed E-state index contributed by atoms with van der Waals surface area (Å²) in [7, 11) is 0. The summed E-state index contributed by atoms with van der Waals surface area (Å²) in [5.41, 5.74) is 8.32. The maximum atomic E-state index is 12.5. The van der Waals surface area contributed by atoms with Crippen LogP contribution in [0.1, 0.15) is 56.6 Å². The number of nitrogens with two attached hydrogens (primary N) is 1. The number of aryl methyl sites for hydroxylation is 1. The number of amides is 1. The molecule has 1 aliphatic carbocycles. The molecule has 3 heteroatoms. The molecule has 1 aliphatic rings. The summed E-state index contributed by atoms with van der Waals surface area (Å²) >= 11 is 0. The molecule has 21 heavy (non-hydrogen) atoms.